The van der Waals surface area contributed by atoms with Gasteiger partial charge in [-0.1, -0.05) is 69.3 Å². The molecule has 0 aliphatic heterocycles. The standard InChI is InChI=1S/C20H27N/c1-5-17-8-6-7-9-20(17)14-21-16(4)19-12-10-18(11-13-19)15(2)3/h6-13,15-16,21H,5,14H2,1-4H3. The van der Waals surface area contributed by atoms with Crippen LogP contribution in [0.2, 0.25) is 0 Å². The van der Waals surface area contributed by atoms with Crippen LogP contribution < -0.4 is 5.32 Å². The van der Waals surface area contributed by atoms with Gasteiger partial charge in [-0.15, -0.1) is 0 Å². The molecule has 0 aliphatic carbocycles. The zero-order valence-electron chi connectivity index (χ0n) is 13.7. The fraction of sp³-hybridized carbons (Fsp3) is 0.400. The van der Waals surface area contributed by atoms with E-state index in [1.54, 1.807) is 0 Å². The molecule has 112 valence electrons. The van der Waals surface area contributed by atoms with Gasteiger partial charge in [-0.05, 0) is 41.5 Å². The van der Waals surface area contributed by atoms with E-state index in [0.29, 0.717) is 12.0 Å². The van der Waals surface area contributed by atoms with Crippen LogP contribution in [0.25, 0.3) is 0 Å². The Balaban J connectivity index is 1.99. The summed E-state index contributed by atoms with van der Waals surface area (Å²) in [4.78, 5) is 0. The third-order valence-corrected chi connectivity index (χ3v) is 4.20. The van der Waals surface area contributed by atoms with Crippen LogP contribution in [0, 0.1) is 0 Å². The highest BCUT2D eigenvalue weighted by atomic mass is 14.9. The molecule has 0 saturated heterocycles. The molecule has 2 rings (SSSR count). The third kappa shape index (κ3) is 4.18. The Morgan fingerprint density at radius 1 is 0.810 bits per heavy atom. The van der Waals surface area contributed by atoms with E-state index in [-0.39, 0.29) is 0 Å². The van der Waals surface area contributed by atoms with Gasteiger partial charge in [0.25, 0.3) is 0 Å². The Labute approximate surface area is 129 Å². The summed E-state index contributed by atoms with van der Waals surface area (Å²) < 4.78 is 0. The van der Waals surface area contributed by atoms with Gasteiger partial charge in [0.2, 0.25) is 0 Å². The van der Waals surface area contributed by atoms with Crippen molar-refractivity contribution < 1.29 is 0 Å². The number of benzene rings is 2. The van der Waals surface area contributed by atoms with Crippen molar-refractivity contribution in [2.45, 2.75) is 52.6 Å². The minimum absolute atomic E-state index is 0.371. The first-order valence-corrected chi connectivity index (χ1v) is 8.01. The van der Waals surface area contributed by atoms with Crippen LogP contribution in [0.15, 0.2) is 48.5 Å². The van der Waals surface area contributed by atoms with Gasteiger partial charge in [0.05, 0.1) is 0 Å². The minimum Gasteiger partial charge on any atom is -0.306 e. The Bertz CT molecular complexity index is 554. The minimum atomic E-state index is 0.371. The van der Waals surface area contributed by atoms with Crippen molar-refractivity contribution in [3.05, 3.63) is 70.8 Å². The van der Waals surface area contributed by atoms with E-state index in [9.17, 15) is 0 Å². The van der Waals surface area contributed by atoms with Gasteiger partial charge in [0.1, 0.15) is 0 Å². The SMILES string of the molecule is CCc1ccccc1CNC(C)c1ccc(C(C)C)cc1. The third-order valence-electron chi connectivity index (χ3n) is 4.20. The Morgan fingerprint density at radius 3 is 1.95 bits per heavy atom. The van der Waals surface area contributed by atoms with Crippen molar-refractivity contribution in [1.29, 1.82) is 0 Å². The van der Waals surface area contributed by atoms with E-state index in [1.165, 1.54) is 22.3 Å². The summed E-state index contributed by atoms with van der Waals surface area (Å²) in [6, 6.07) is 18.1. The molecule has 0 heterocycles. The molecule has 0 aliphatic rings. The molecular weight excluding hydrogens is 254 g/mol. The highest BCUT2D eigenvalue weighted by Gasteiger charge is 2.07. The molecule has 0 aromatic heterocycles. The monoisotopic (exact) mass is 281 g/mol. The van der Waals surface area contributed by atoms with Gasteiger partial charge in [-0.25, -0.2) is 0 Å². The molecule has 0 fully saturated rings. The van der Waals surface area contributed by atoms with Crippen molar-refractivity contribution in [3.63, 3.8) is 0 Å². The summed E-state index contributed by atoms with van der Waals surface area (Å²) in [5.74, 6) is 0.596. The van der Waals surface area contributed by atoms with Crippen LogP contribution in [0.1, 0.15) is 61.9 Å². The lowest BCUT2D eigenvalue weighted by Crippen LogP contribution is -2.18. The average molecular weight is 281 g/mol. The first kappa shape index (κ1) is 15.8. The molecule has 0 saturated carbocycles. The van der Waals surface area contributed by atoms with Gasteiger partial charge in [-0.2, -0.15) is 0 Å². The predicted molar refractivity (Wildman–Crippen MR) is 91.6 cm³/mol. The van der Waals surface area contributed by atoms with Crippen LogP contribution in [-0.4, -0.2) is 0 Å². The van der Waals surface area contributed by atoms with Gasteiger partial charge < -0.3 is 5.32 Å². The molecule has 0 radical (unpaired) electrons. The number of rotatable bonds is 6. The lowest BCUT2D eigenvalue weighted by molar-refractivity contribution is 0.572. The van der Waals surface area contributed by atoms with Gasteiger partial charge in [0.15, 0.2) is 0 Å². The maximum absolute atomic E-state index is 3.64. The summed E-state index contributed by atoms with van der Waals surface area (Å²) in [6.07, 6.45) is 1.09. The summed E-state index contributed by atoms with van der Waals surface area (Å²) in [5.41, 5.74) is 5.61. The van der Waals surface area contributed by atoms with Gasteiger partial charge in [-0.3, -0.25) is 0 Å². The Morgan fingerprint density at radius 2 is 1.38 bits per heavy atom. The van der Waals surface area contributed by atoms with Crippen LogP contribution in [0.4, 0.5) is 0 Å². The number of aryl methyl sites for hydroxylation is 1. The molecular formula is C20H27N. The molecule has 2 aromatic carbocycles. The zero-order chi connectivity index (χ0) is 15.2. The van der Waals surface area contributed by atoms with Crippen molar-refractivity contribution >= 4 is 0 Å². The highest BCUT2D eigenvalue weighted by molar-refractivity contribution is 5.29. The van der Waals surface area contributed by atoms with Gasteiger partial charge in [0, 0.05) is 12.6 Å². The second-order valence-corrected chi connectivity index (χ2v) is 6.05. The molecule has 0 amide bonds. The molecule has 21 heavy (non-hydrogen) atoms. The maximum Gasteiger partial charge on any atom is 0.0294 e. The van der Waals surface area contributed by atoms with E-state index < -0.39 is 0 Å². The highest BCUT2D eigenvalue weighted by Crippen LogP contribution is 2.19. The fourth-order valence-corrected chi connectivity index (χ4v) is 2.63. The van der Waals surface area contributed by atoms with Crippen molar-refractivity contribution in [2.75, 3.05) is 0 Å². The fourth-order valence-electron chi connectivity index (χ4n) is 2.63. The number of hydrogen-bond donors (Lipinski definition) is 1. The van der Waals surface area contributed by atoms with E-state index in [2.05, 4.69) is 81.5 Å². The summed E-state index contributed by atoms with van der Waals surface area (Å²) >= 11 is 0. The van der Waals surface area contributed by atoms with E-state index in [0.717, 1.165) is 13.0 Å². The predicted octanol–water partition coefficient (Wildman–Crippen LogP) is 5.22. The molecule has 1 nitrogen and oxygen atoms in total. The van der Waals surface area contributed by atoms with E-state index in [4.69, 9.17) is 0 Å². The van der Waals surface area contributed by atoms with Crippen LogP contribution in [-0.2, 0) is 13.0 Å². The largest absolute Gasteiger partial charge is 0.306 e. The molecule has 1 atom stereocenters. The smallest absolute Gasteiger partial charge is 0.0294 e. The van der Waals surface area contributed by atoms with E-state index in [1.807, 2.05) is 0 Å². The molecule has 1 heteroatoms. The number of hydrogen-bond acceptors (Lipinski definition) is 1. The second-order valence-electron chi connectivity index (χ2n) is 6.05. The molecule has 1 N–H and O–H groups in total. The first-order chi connectivity index (χ1) is 10.1. The number of nitrogens with one attached hydrogen (secondary N) is 1. The average Bonchev–Trinajstić information content (AvgIpc) is 2.52. The van der Waals surface area contributed by atoms with Crippen molar-refractivity contribution in [1.82, 2.24) is 5.32 Å². The first-order valence-electron chi connectivity index (χ1n) is 8.01. The molecule has 0 spiro atoms. The Kier molecular flexibility index (Phi) is 5.58. The maximum atomic E-state index is 3.64. The van der Waals surface area contributed by atoms with Crippen molar-refractivity contribution in [2.24, 2.45) is 0 Å². The van der Waals surface area contributed by atoms with Crippen LogP contribution in [0.3, 0.4) is 0 Å². The second kappa shape index (κ2) is 7.42. The lowest BCUT2D eigenvalue weighted by atomic mass is 9.99. The van der Waals surface area contributed by atoms with Crippen molar-refractivity contribution in [3.8, 4) is 0 Å². The Hall–Kier alpha value is -1.60. The molecule has 0 bridgehead atoms. The quantitative estimate of drug-likeness (QED) is 0.765. The van der Waals surface area contributed by atoms with Crippen LogP contribution in [0.5, 0.6) is 0 Å². The lowest BCUT2D eigenvalue weighted by Gasteiger charge is -2.17. The topological polar surface area (TPSA) is 12.0 Å². The summed E-state index contributed by atoms with van der Waals surface area (Å²) in [5, 5.41) is 3.64. The molecule has 1 unspecified atom stereocenters. The summed E-state index contributed by atoms with van der Waals surface area (Å²) in [6.45, 7) is 9.85. The van der Waals surface area contributed by atoms with Gasteiger partial charge >= 0.3 is 0 Å². The zero-order valence-corrected chi connectivity index (χ0v) is 13.7. The van der Waals surface area contributed by atoms with Crippen LogP contribution >= 0.6 is 0 Å². The van der Waals surface area contributed by atoms with E-state index >= 15 is 0 Å². The summed E-state index contributed by atoms with van der Waals surface area (Å²) in [7, 11) is 0. The molecule has 2 aromatic rings. The normalized spacial score (nSPS) is 12.6.